The fraction of sp³-hybridized carbons (Fsp3) is 1.00. The molecule has 2 unspecified atom stereocenters. The summed E-state index contributed by atoms with van der Waals surface area (Å²) in [6.07, 6.45) is 0. The predicted molar refractivity (Wildman–Crippen MR) is 67.5 cm³/mol. The average molecular weight is 410 g/mol. The molecule has 9 N–H and O–H groups in total. The molecule has 0 rings (SSSR count). The molecule has 18 heteroatoms. The van der Waals surface area contributed by atoms with Crippen LogP contribution >= 0.6 is 30.4 Å². The zero-order valence-electron chi connectivity index (χ0n) is 10.6. The molecule has 0 aliphatic carbocycles. The van der Waals surface area contributed by atoms with Crippen molar-refractivity contribution in [3.63, 3.8) is 0 Å². The van der Waals surface area contributed by atoms with Crippen molar-refractivity contribution >= 4 is 30.4 Å². The minimum absolute atomic E-state index is 0.141. The number of rotatable bonds is 7. The molecule has 0 aromatic rings. The van der Waals surface area contributed by atoms with E-state index in [2.05, 4.69) is 4.52 Å². The zero-order valence-corrected chi connectivity index (χ0v) is 14.1. The molecule has 0 spiro atoms. The van der Waals surface area contributed by atoms with E-state index in [0.717, 1.165) is 0 Å². The Hall–Kier alpha value is 0.520. The summed E-state index contributed by atoms with van der Waals surface area (Å²) >= 11 is 0. The van der Waals surface area contributed by atoms with Gasteiger partial charge in [0.2, 0.25) is 0 Å². The minimum atomic E-state index is -6.03. The van der Waals surface area contributed by atoms with E-state index in [1.165, 1.54) is 0 Å². The van der Waals surface area contributed by atoms with Crippen LogP contribution in [0.2, 0.25) is 0 Å². The van der Waals surface area contributed by atoms with Crippen LogP contribution in [0.4, 0.5) is 0 Å². The second-order valence-electron chi connectivity index (χ2n) is 4.17. The lowest BCUT2D eigenvalue weighted by molar-refractivity contribution is 0.0628. The molecule has 134 valence electrons. The summed E-state index contributed by atoms with van der Waals surface area (Å²) in [5.41, 5.74) is 0. The molecule has 0 aromatic heterocycles. The van der Waals surface area contributed by atoms with Crippen LogP contribution in [0.25, 0.3) is 0 Å². The lowest BCUT2D eigenvalue weighted by atomic mass is 10.8. The molecule has 0 bridgehead atoms. The van der Waals surface area contributed by atoms with Crippen LogP contribution < -0.4 is 0 Å². The zero-order chi connectivity index (χ0) is 18.4. The second-order valence-corrected chi connectivity index (χ2v) is 12.7. The molecule has 0 aliphatic rings. The summed E-state index contributed by atoms with van der Waals surface area (Å²) in [6, 6.07) is 0. The Morgan fingerprint density at radius 2 is 1.09 bits per heavy atom. The van der Waals surface area contributed by atoms with Crippen molar-refractivity contribution in [3.8, 4) is 0 Å². The Morgan fingerprint density at radius 3 is 1.32 bits per heavy atom. The van der Waals surface area contributed by atoms with Crippen molar-refractivity contribution in [2.24, 2.45) is 0 Å². The molecule has 0 aromatic carbocycles. The highest BCUT2D eigenvalue weighted by Crippen LogP contribution is 2.72. The highest BCUT2D eigenvalue weighted by atomic mass is 31.2. The van der Waals surface area contributed by atoms with Gasteiger partial charge in [0, 0.05) is 0 Å². The maximum atomic E-state index is 11.6. The lowest BCUT2D eigenvalue weighted by Gasteiger charge is -2.32. The Morgan fingerprint density at radius 1 is 0.773 bits per heavy atom. The monoisotopic (exact) mass is 410 g/mol. The first kappa shape index (κ1) is 22.5. The van der Waals surface area contributed by atoms with Gasteiger partial charge in [0.05, 0.1) is 0 Å². The molecule has 0 heterocycles. The van der Waals surface area contributed by atoms with E-state index in [1.54, 1.807) is 0 Å². The van der Waals surface area contributed by atoms with E-state index in [4.69, 9.17) is 29.4 Å². The van der Waals surface area contributed by atoms with Gasteiger partial charge in [-0.1, -0.05) is 0 Å². The van der Waals surface area contributed by atoms with Gasteiger partial charge in [-0.05, 0) is 6.92 Å². The van der Waals surface area contributed by atoms with Crippen LogP contribution in [-0.2, 0) is 22.8 Å². The Labute approximate surface area is 122 Å². The predicted octanol–water partition coefficient (Wildman–Crippen LogP) is -1.97. The van der Waals surface area contributed by atoms with Gasteiger partial charge >= 0.3 is 30.4 Å². The largest absolute Gasteiger partial charge is 0.371 e. The van der Waals surface area contributed by atoms with Gasteiger partial charge < -0.3 is 49.0 Å². The Bertz CT molecular complexity index is 580. The van der Waals surface area contributed by atoms with E-state index < -0.39 is 47.2 Å². The number of hydrogen-bond donors (Lipinski definition) is 9. The van der Waals surface area contributed by atoms with Crippen molar-refractivity contribution in [2.45, 2.75) is 17.1 Å². The SMILES string of the molecule is CC(O)(P(=O)(O)O)P(=O)(O)OCC(O)(P(=O)(O)O)P(=O)(O)O. The van der Waals surface area contributed by atoms with E-state index >= 15 is 0 Å². The second kappa shape index (κ2) is 6.11. The molecular formula is C4H14O14P4. The van der Waals surface area contributed by atoms with E-state index in [1.807, 2.05) is 0 Å². The van der Waals surface area contributed by atoms with Crippen molar-refractivity contribution < 1.29 is 67.3 Å². The standard InChI is InChI=1S/C4H14O14P4/c1-3(5,19(7,8)9)22(16,17)18-2-4(6,20(10,11)12)21(13,14)15/h5-6H,2H2,1H3,(H,16,17)(H2,7,8,9)(H2,10,11,12)(H2,13,14,15). The van der Waals surface area contributed by atoms with Gasteiger partial charge in [-0.2, -0.15) is 0 Å². The van der Waals surface area contributed by atoms with Gasteiger partial charge in [-0.25, -0.2) is 0 Å². The lowest BCUT2D eigenvalue weighted by Crippen LogP contribution is -2.35. The van der Waals surface area contributed by atoms with Crippen LogP contribution in [-0.4, -0.2) is 61.2 Å². The molecule has 0 amide bonds. The first-order valence-corrected chi connectivity index (χ1v) is 11.2. The van der Waals surface area contributed by atoms with Crippen molar-refractivity contribution in [2.75, 3.05) is 6.61 Å². The average Bonchev–Trinajstić information content (AvgIpc) is 2.20. The van der Waals surface area contributed by atoms with Gasteiger partial charge in [0.1, 0.15) is 6.61 Å². The van der Waals surface area contributed by atoms with Crippen molar-refractivity contribution in [1.82, 2.24) is 0 Å². The molecule has 2 atom stereocenters. The summed E-state index contributed by atoms with van der Waals surface area (Å²) in [6.45, 7) is -2.06. The summed E-state index contributed by atoms with van der Waals surface area (Å²) < 4.78 is 48.1. The van der Waals surface area contributed by atoms with E-state index in [0.29, 0.717) is 0 Å². The third-order valence-corrected chi connectivity index (χ3v) is 10.3. The number of aliphatic hydroxyl groups is 2. The van der Waals surface area contributed by atoms with Crippen LogP contribution in [0.5, 0.6) is 0 Å². The van der Waals surface area contributed by atoms with Gasteiger partial charge in [-0.3, -0.25) is 18.3 Å². The molecular weight excluding hydrogens is 396 g/mol. The first-order valence-electron chi connectivity index (χ1n) is 4.80. The fourth-order valence-electron chi connectivity index (χ4n) is 0.799. The summed E-state index contributed by atoms with van der Waals surface area (Å²) in [7, 11) is -23.6. The van der Waals surface area contributed by atoms with Crippen LogP contribution in [0.3, 0.4) is 0 Å². The molecule has 0 aliphatic heterocycles. The summed E-state index contributed by atoms with van der Waals surface area (Å²) in [5.74, 6) is 0. The smallest absolute Gasteiger partial charge is 0.368 e. The molecule has 22 heavy (non-hydrogen) atoms. The Balaban J connectivity index is 5.71. The third kappa shape index (κ3) is 4.13. The van der Waals surface area contributed by atoms with Crippen molar-refractivity contribution in [3.05, 3.63) is 0 Å². The first-order chi connectivity index (χ1) is 9.21. The molecule has 0 fully saturated rings. The summed E-state index contributed by atoms with van der Waals surface area (Å²) in [4.78, 5) is 61.6. The van der Waals surface area contributed by atoms with Gasteiger partial charge in [0.15, 0.2) is 0 Å². The molecule has 0 saturated carbocycles. The van der Waals surface area contributed by atoms with Crippen LogP contribution in [0.15, 0.2) is 0 Å². The highest BCUT2D eigenvalue weighted by Gasteiger charge is 2.63. The van der Waals surface area contributed by atoms with Gasteiger partial charge in [-0.15, -0.1) is 0 Å². The number of hydrogen-bond acceptors (Lipinski definition) is 7. The maximum absolute atomic E-state index is 11.6. The third-order valence-electron chi connectivity index (χ3n) is 2.45. The van der Waals surface area contributed by atoms with Gasteiger partial charge in [0.25, 0.3) is 10.2 Å². The molecule has 0 radical (unpaired) electrons. The molecule has 0 saturated heterocycles. The van der Waals surface area contributed by atoms with E-state index in [-0.39, 0.29) is 6.92 Å². The highest BCUT2D eigenvalue weighted by molar-refractivity contribution is 7.73. The van der Waals surface area contributed by atoms with Crippen LogP contribution in [0, 0.1) is 0 Å². The maximum Gasteiger partial charge on any atom is 0.371 e. The molecule has 14 nitrogen and oxygen atoms in total. The topological polar surface area (TPSA) is 260 Å². The van der Waals surface area contributed by atoms with Crippen LogP contribution in [0.1, 0.15) is 6.92 Å². The van der Waals surface area contributed by atoms with Crippen molar-refractivity contribution in [1.29, 1.82) is 0 Å². The normalized spacial score (nSPS) is 20.3. The Kier molecular flexibility index (Phi) is 6.25. The minimum Gasteiger partial charge on any atom is -0.368 e. The van der Waals surface area contributed by atoms with E-state index in [9.17, 15) is 33.4 Å². The summed E-state index contributed by atoms with van der Waals surface area (Å²) in [5, 5.41) is 10.6. The quantitative estimate of drug-likeness (QED) is 0.206. The fourth-order valence-corrected chi connectivity index (χ4v) is 4.92.